The Bertz CT molecular complexity index is 1360. The van der Waals surface area contributed by atoms with E-state index in [2.05, 4.69) is 20.6 Å². The Morgan fingerprint density at radius 1 is 1.14 bits per heavy atom. The molecule has 8 N–H and O–H groups in total. The van der Waals surface area contributed by atoms with Crippen LogP contribution in [-0.2, 0) is 25.6 Å². The molecule has 2 heterocycles. The summed E-state index contributed by atoms with van der Waals surface area (Å²) >= 11 is 0. The maximum atomic E-state index is 14.0. The normalized spacial score (nSPS) is 18.9. The number of guanidine groups is 1. The minimum absolute atomic E-state index is 0.0130. The highest BCUT2D eigenvalue weighted by molar-refractivity contribution is 5.95. The molecule has 234 valence electrons. The van der Waals surface area contributed by atoms with Crippen LogP contribution in [0.4, 0.5) is 0 Å². The molecule has 0 radical (unpaired) electrons. The number of fused-ring (bicyclic) bond motifs is 1. The van der Waals surface area contributed by atoms with Gasteiger partial charge in [-0.25, -0.2) is 4.79 Å². The molecule has 4 atom stereocenters. The zero-order valence-electron chi connectivity index (χ0n) is 25.4. The third-order valence-electron chi connectivity index (χ3n) is 7.81. The van der Waals surface area contributed by atoms with Gasteiger partial charge in [-0.1, -0.05) is 45.0 Å². The average molecular weight is 596 g/mol. The number of allylic oxidation sites excluding steroid dienone is 1. The first-order chi connectivity index (χ1) is 20.4. The number of carboxylic acids is 1. The number of carbonyl (C=O) groups excluding carboxylic acids is 3. The first kappa shape index (κ1) is 33.2. The average Bonchev–Trinajstić information content (AvgIpc) is 3.51. The van der Waals surface area contributed by atoms with E-state index >= 15 is 0 Å². The summed E-state index contributed by atoms with van der Waals surface area (Å²) < 4.78 is 0. The molecular formula is C31H45N7O5. The van der Waals surface area contributed by atoms with Crippen LogP contribution in [-0.4, -0.2) is 75.9 Å². The van der Waals surface area contributed by atoms with E-state index in [-0.39, 0.29) is 49.0 Å². The van der Waals surface area contributed by atoms with Gasteiger partial charge >= 0.3 is 5.97 Å². The number of rotatable bonds is 14. The summed E-state index contributed by atoms with van der Waals surface area (Å²) in [7, 11) is 0. The highest BCUT2D eigenvalue weighted by Gasteiger charge is 2.44. The number of benzene rings is 1. The fourth-order valence-electron chi connectivity index (χ4n) is 5.58. The van der Waals surface area contributed by atoms with Gasteiger partial charge in [0.1, 0.15) is 18.1 Å². The summed E-state index contributed by atoms with van der Waals surface area (Å²) in [5.41, 5.74) is 13.3. The monoisotopic (exact) mass is 595 g/mol. The van der Waals surface area contributed by atoms with Crippen molar-refractivity contribution in [3.05, 3.63) is 47.7 Å². The number of hydrogen-bond acceptors (Lipinski definition) is 5. The highest BCUT2D eigenvalue weighted by Crippen LogP contribution is 2.31. The fourth-order valence-corrected chi connectivity index (χ4v) is 5.58. The van der Waals surface area contributed by atoms with Gasteiger partial charge in [0.2, 0.25) is 17.7 Å². The molecular weight excluding hydrogens is 550 g/mol. The Hall–Kier alpha value is -4.35. The number of aliphatic carboxylic acids is 1. The molecule has 3 rings (SSSR count). The van der Waals surface area contributed by atoms with E-state index in [1.54, 1.807) is 6.20 Å². The lowest BCUT2D eigenvalue weighted by molar-refractivity contribution is -0.145. The van der Waals surface area contributed by atoms with E-state index in [9.17, 15) is 24.3 Å². The van der Waals surface area contributed by atoms with Gasteiger partial charge in [0, 0.05) is 48.9 Å². The zero-order chi connectivity index (χ0) is 31.7. The molecule has 1 aromatic carbocycles. The van der Waals surface area contributed by atoms with Crippen LogP contribution in [0.5, 0.6) is 0 Å². The predicted molar refractivity (Wildman–Crippen MR) is 166 cm³/mol. The molecule has 0 bridgehead atoms. The van der Waals surface area contributed by atoms with Crippen molar-refractivity contribution in [2.24, 2.45) is 28.3 Å². The number of likely N-dealkylation sites (tertiary alicyclic amines) is 1. The number of carbonyl (C=O) groups is 4. The molecule has 0 unspecified atom stereocenters. The van der Waals surface area contributed by atoms with E-state index in [1.807, 2.05) is 58.0 Å². The molecule has 1 aliphatic heterocycles. The number of H-pyrrole nitrogens is 1. The van der Waals surface area contributed by atoms with Gasteiger partial charge in [-0.05, 0) is 49.3 Å². The van der Waals surface area contributed by atoms with E-state index in [4.69, 9.17) is 11.5 Å². The summed E-state index contributed by atoms with van der Waals surface area (Å²) in [6.07, 6.45) is 5.46. The molecule has 12 heteroatoms. The molecule has 1 aliphatic rings. The van der Waals surface area contributed by atoms with Gasteiger partial charge in [0.05, 0.1) is 0 Å². The summed E-state index contributed by atoms with van der Waals surface area (Å²) in [6, 6.07) is 4.54. The summed E-state index contributed by atoms with van der Waals surface area (Å²) in [5.74, 6) is -2.61. The van der Waals surface area contributed by atoms with Crippen molar-refractivity contribution < 1.29 is 24.3 Å². The number of para-hydroxylation sites is 1. The number of aromatic nitrogens is 1. The van der Waals surface area contributed by atoms with Crippen LogP contribution in [0.1, 0.15) is 58.9 Å². The van der Waals surface area contributed by atoms with E-state index in [0.29, 0.717) is 25.8 Å². The Kier molecular flexibility index (Phi) is 11.7. The van der Waals surface area contributed by atoms with Crippen LogP contribution in [0.2, 0.25) is 0 Å². The van der Waals surface area contributed by atoms with Crippen LogP contribution < -0.4 is 22.1 Å². The molecule has 1 aromatic heterocycles. The number of nitrogens with zero attached hydrogens (tertiary/aromatic N) is 2. The number of hydrogen-bond donors (Lipinski definition) is 6. The molecule has 12 nitrogen and oxygen atoms in total. The Morgan fingerprint density at radius 3 is 2.51 bits per heavy atom. The SMILES string of the molecule is C/C=C1\CN(C(=O)[C@H](CCCCN=C(N)N)NC(=O)CC(C)C)[C@H](C(=O)N[C@@H](Cc2c[nH]c3ccccc23)C(=O)O)[C@@H]1C. The number of unbranched alkanes of at least 4 members (excludes halogenated alkanes) is 1. The lowest BCUT2D eigenvalue weighted by Crippen LogP contribution is -2.56. The van der Waals surface area contributed by atoms with Crippen molar-refractivity contribution in [3.63, 3.8) is 0 Å². The van der Waals surface area contributed by atoms with Gasteiger partial charge in [-0.2, -0.15) is 0 Å². The third-order valence-corrected chi connectivity index (χ3v) is 7.81. The van der Waals surface area contributed by atoms with Crippen LogP contribution in [0, 0.1) is 11.8 Å². The lowest BCUT2D eigenvalue weighted by atomic mass is 9.96. The predicted octanol–water partition coefficient (Wildman–Crippen LogP) is 2.05. The summed E-state index contributed by atoms with van der Waals surface area (Å²) in [5, 5.41) is 16.5. The number of nitrogens with two attached hydrogens (primary N) is 2. The second-order valence-corrected chi connectivity index (χ2v) is 11.5. The van der Waals surface area contributed by atoms with Crippen LogP contribution in [0.15, 0.2) is 47.1 Å². The van der Waals surface area contributed by atoms with Gasteiger partial charge < -0.3 is 37.1 Å². The van der Waals surface area contributed by atoms with Crippen LogP contribution >= 0.6 is 0 Å². The topological polar surface area (TPSA) is 196 Å². The number of amides is 3. The van der Waals surface area contributed by atoms with Crippen LogP contribution in [0.25, 0.3) is 10.9 Å². The van der Waals surface area contributed by atoms with Crippen molar-refractivity contribution in [1.82, 2.24) is 20.5 Å². The van der Waals surface area contributed by atoms with Crippen molar-refractivity contribution in [2.75, 3.05) is 13.1 Å². The zero-order valence-corrected chi connectivity index (χ0v) is 25.4. The number of aromatic amines is 1. The molecule has 3 amide bonds. The van der Waals surface area contributed by atoms with Crippen molar-refractivity contribution in [3.8, 4) is 0 Å². The van der Waals surface area contributed by atoms with E-state index < -0.39 is 30.0 Å². The molecule has 0 saturated carbocycles. The van der Waals surface area contributed by atoms with Gasteiger partial charge in [0.25, 0.3) is 0 Å². The minimum atomic E-state index is -1.21. The summed E-state index contributed by atoms with van der Waals surface area (Å²) in [4.78, 5) is 61.3. The first-order valence-electron chi connectivity index (χ1n) is 14.8. The Balaban J connectivity index is 1.82. The number of aliphatic imine (C=N–C) groups is 1. The van der Waals surface area contributed by atoms with Crippen molar-refractivity contribution >= 4 is 40.6 Å². The smallest absolute Gasteiger partial charge is 0.326 e. The highest BCUT2D eigenvalue weighted by atomic mass is 16.4. The van der Waals surface area contributed by atoms with Gasteiger partial charge in [-0.3, -0.25) is 19.4 Å². The minimum Gasteiger partial charge on any atom is -0.480 e. The molecule has 2 aromatic rings. The second kappa shape index (κ2) is 15.2. The van der Waals surface area contributed by atoms with Crippen molar-refractivity contribution in [1.29, 1.82) is 0 Å². The van der Waals surface area contributed by atoms with E-state index in [1.165, 1.54) is 4.90 Å². The largest absolute Gasteiger partial charge is 0.480 e. The third kappa shape index (κ3) is 8.82. The van der Waals surface area contributed by atoms with E-state index in [0.717, 1.165) is 22.0 Å². The maximum absolute atomic E-state index is 14.0. The molecule has 43 heavy (non-hydrogen) atoms. The van der Waals surface area contributed by atoms with Crippen LogP contribution in [0.3, 0.4) is 0 Å². The second-order valence-electron chi connectivity index (χ2n) is 11.5. The molecule has 1 saturated heterocycles. The molecule has 0 aliphatic carbocycles. The first-order valence-corrected chi connectivity index (χ1v) is 14.8. The lowest BCUT2D eigenvalue weighted by Gasteiger charge is -2.30. The maximum Gasteiger partial charge on any atom is 0.326 e. The Labute approximate surface area is 252 Å². The van der Waals surface area contributed by atoms with Crippen molar-refractivity contribution in [2.45, 2.75) is 77.9 Å². The number of nitrogens with one attached hydrogen (secondary N) is 3. The standard InChI is InChI=1S/C31H45N7O5/c1-5-20-17-38(29(41)24(36-26(39)14-18(2)3)12-8-9-13-34-31(32)33)27(19(20)4)28(40)37-25(30(42)43)15-21-16-35-23-11-7-6-10-22(21)23/h5-7,10-11,16,18-19,24-25,27,35H,8-9,12-15,17H2,1-4H3,(H,36,39)(H,37,40)(H,42,43)(H4,32,33,34)/b20-5+/t19-,24+,25+,27+/m1/s1. The quantitative estimate of drug-likeness (QED) is 0.0831. The van der Waals surface area contributed by atoms with Gasteiger partial charge in [-0.15, -0.1) is 0 Å². The Morgan fingerprint density at radius 2 is 1.86 bits per heavy atom. The molecule has 1 fully saturated rings. The van der Waals surface area contributed by atoms with Gasteiger partial charge in [0.15, 0.2) is 5.96 Å². The number of carboxylic acid groups (broad SMARTS) is 1. The molecule has 0 spiro atoms. The fraction of sp³-hybridized carbons (Fsp3) is 0.516. The summed E-state index contributed by atoms with van der Waals surface area (Å²) in [6.45, 7) is 8.13.